The lowest BCUT2D eigenvalue weighted by atomic mass is 9.43. The first-order chi connectivity index (χ1) is 20.2. The van der Waals surface area contributed by atoms with Gasteiger partial charge in [-0.2, -0.15) is 8.42 Å². The average molecular weight is 673 g/mol. The summed E-state index contributed by atoms with van der Waals surface area (Å²) in [5, 5.41) is 24.5. The lowest BCUT2D eigenvalue weighted by Gasteiger charge is -2.63. The highest BCUT2D eigenvalue weighted by atomic mass is 32.3. The van der Waals surface area contributed by atoms with Crippen molar-refractivity contribution in [3.05, 3.63) is 12.2 Å². The van der Waals surface area contributed by atoms with Gasteiger partial charge in [0.15, 0.2) is 24.6 Å². The molecule has 3 N–H and O–H groups in total. The molecule has 4 aliphatic carbocycles. The highest BCUT2D eigenvalue weighted by Gasteiger charge is 2.64. The van der Waals surface area contributed by atoms with Gasteiger partial charge in [-0.05, 0) is 117 Å². The fourth-order valence-electron chi connectivity index (χ4n) is 9.81. The summed E-state index contributed by atoms with van der Waals surface area (Å²) in [4.78, 5) is 0. The molecule has 12 unspecified atom stereocenters. The van der Waals surface area contributed by atoms with Crippen LogP contribution in [0.15, 0.2) is 12.2 Å². The summed E-state index contributed by atoms with van der Waals surface area (Å²) in [5.74, 6) is 2.25. The second-order valence-electron chi connectivity index (χ2n) is 13.9. The van der Waals surface area contributed by atoms with E-state index in [1.165, 1.54) is 5.57 Å². The Labute approximate surface area is 264 Å². The van der Waals surface area contributed by atoms with E-state index in [2.05, 4.69) is 59.9 Å². The van der Waals surface area contributed by atoms with Crippen LogP contribution in [0.5, 0.6) is 0 Å². The Kier molecular flexibility index (Phi) is 12.4. The molecular weight excluding hydrogens is 624 g/mol. The maximum atomic E-state index is 12.1. The molecule has 4 aliphatic rings. The van der Waals surface area contributed by atoms with E-state index in [4.69, 9.17) is 23.1 Å². The van der Waals surface area contributed by atoms with Crippen molar-refractivity contribution in [1.82, 2.24) is 0 Å². The van der Waals surface area contributed by atoms with Crippen molar-refractivity contribution < 1.29 is 54.8 Å². The van der Waals surface area contributed by atoms with E-state index in [0.29, 0.717) is 67.6 Å². The monoisotopic (exact) mass is 672 g/mol. The van der Waals surface area contributed by atoms with Gasteiger partial charge in [-0.25, -0.2) is 14.7 Å². The lowest BCUT2D eigenvalue weighted by molar-refractivity contribution is -0.435. The molecule has 12 atom stereocenters. The molecular formula is C28H48O12S3. The quantitative estimate of drug-likeness (QED) is 0.0394. The van der Waals surface area contributed by atoms with E-state index >= 15 is 0 Å². The summed E-state index contributed by atoms with van der Waals surface area (Å²) in [6.07, 6.45) is 5.90. The molecule has 0 amide bonds. The number of hydrogen-bond acceptors (Lipinski definition) is 13. The molecule has 12 nitrogen and oxygen atoms in total. The van der Waals surface area contributed by atoms with Crippen molar-refractivity contribution >= 4 is 35.0 Å². The minimum absolute atomic E-state index is 0.134. The van der Waals surface area contributed by atoms with Crippen molar-refractivity contribution in [1.29, 1.82) is 0 Å². The van der Waals surface area contributed by atoms with Crippen LogP contribution in [-0.2, 0) is 41.7 Å². The predicted octanol–water partition coefficient (Wildman–Crippen LogP) is 7.42. The molecule has 4 saturated carbocycles. The molecule has 0 aromatic heterocycles. The minimum Gasteiger partial charge on any atom is -0.283 e. The van der Waals surface area contributed by atoms with Gasteiger partial charge in [-0.1, -0.05) is 49.9 Å². The third kappa shape index (κ3) is 7.94. The Morgan fingerprint density at radius 1 is 0.907 bits per heavy atom. The van der Waals surface area contributed by atoms with E-state index in [0.717, 1.165) is 38.5 Å². The van der Waals surface area contributed by atoms with Gasteiger partial charge in [0.2, 0.25) is 0 Å². The van der Waals surface area contributed by atoms with Crippen LogP contribution in [0.1, 0.15) is 92.4 Å². The van der Waals surface area contributed by atoms with Gasteiger partial charge in [-0.3, -0.25) is 12.9 Å². The summed E-state index contributed by atoms with van der Waals surface area (Å²) in [6, 6.07) is 0. The van der Waals surface area contributed by atoms with Crippen molar-refractivity contribution in [2.24, 2.45) is 52.3 Å². The Morgan fingerprint density at radius 2 is 1.53 bits per heavy atom. The highest BCUT2D eigenvalue weighted by molar-refractivity contribution is 7.90. The van der Waals surface area contributed by atoms with Crippen LogP contribution in [0.3, 0.4) is 0 Å². The first-order valence-electron chi connectivity index (χ1n) is 15.2. The molecule has 0 heterocycles. The van der Waals surface area contributed by atoms with Crippen LogP contribution < -0.4 is 0 Å². The zero-order chi connectivity index (χ0) is 31.6. The van der Waals surface area contributed by atoms with Gasteiger partial charge in [0.1, 0.15) is 12.2 Å². The van der Waals surface area contributed by atoms with Gasteiger partial charge in [-0.15, -0.1) is 8.67 Å². The normalized spacial score (nSPS) is 40.7. The molecule has 250 valence electrons. The fourth-order valence-corrected chi connectivity index (χ4v) is 11.0. The topological polar surface area (TPSA) is 159 Å². The molecule has 0 aromatic rings. The van der Waals surface area contributed by atoms with Gasteiger partial charge in [0.25, 0.3) is 0 Å². The number of fused-ring (bicyclic) bond motifs is 5. The fraction of sp³-hybridized carbons (Fsp3) is 0.929. The minimum atomic E-state index is -4.72. The molecule has 0 aromatic carbocycles. The van der Waals surface area contributed by atoms with E-state index in [-0.39, 0.29) is 23.2 Å². The van der Waals surface area contributed by atoms with Gasteiger partial charge in [0, 0.05) is 0 Å². The van der Waals surface area contributed by atoms with Crippen LogP contribution in [0.4, 0.5) is 0 Å². The Bertz CT molecular complexity index is 1050. The van der Waals surface area contributed by atoms with Crippen LogP contribution in [0, 0.1) is 52.3 Å². The maximum absolute atomic E-state index is 12.1. The standard InChI is InChI=1S/C28H48O12S3/c1-16(2)17(3)7-8-18(4)20-9-10-21-19-13-24(36-43(31,32)33)23-14-25(34-41-39-37-29)26(35-42-40-38-30)15-28(23,6)22(19)11-12-27(20,21)5/h17-26,29-30H,1,7-15H2,2-6H3,(H,31,32,33). The number of allylic oxidation sites excluding steroid dienone is 1. The third-order valence-electron chi connectivity index (χ3n) is 12.0. The van der Waals surface area contributed by atoms with Crippen LogP contribution in [0.2, 0.25) is 0 Å². The molecule has 0 saturated heterocycles. The van der Waals surface area contributed by atoms with E-state index in [1.807, 2.05) is 0 Å². The van der Waals surface area contributed by atoms with E-state index in [1.54, 1.807) is 0 Å². The van der Waals surface area contributed by atoms with E-state index in [9.17, 15) is 13.0 Å². The van der Waals surface area contributed by atoms with Crippen molar-refractivity contribution in [3.8, 4) is 0 Å². The smallest absolute Gasteiger partial charge is 0.283 e. The highest BCUT2D eigenvalue weighted by Crippen LogP contribution is 2.69. The summed E-state index contributed by atoms with van der Waals surface area (Å²) in [6.45, 7) is 15.5. The maximum Gasteiger partial charge on any atom is 0.397 e. The van der Waals surface area contributed by atoms with Crippen LogP contribution in [0.25, 0.3) is 0 Å². The Morgan fingerprint density at radius 3 is 2.14 bits per heavy atom. The van der Waals surface area contributed by atoms with Crippen molar-refractivity contribution in [2.45, 2.75) is 111 Å². The Hall–Kier alpha value is -0.0100. The largest absolute Gasteiger partial charge is 0.397 e. The molecule has 0 aliphatic heterocycles. The van der Waals surface area contributed by atoms with Crippen LogP contribution >= 0.6 is 24.6 Å². The zero-order valence-electron chi connectivity index (χ0n) is 25.6. The second kappa shape index (κ2) is 14.8. The summed E-state index contributed by atoms with van der Waals surface area (Å²) >= 11 is 0.856. The average Bonchev–Trinajstić information content (AvgIpc) is 3.29. The summed E-state index contributed by atoms with van der Waals surface area (Å²) < 4.78 is 59.9. The number of rotatable bonds is 15. The molecule has 15 heteroatoms. The SMILES string of the molecule is C=C(C)C(C)CCC(C)C1CCC2C3CC(OS(=O)(=O)O)C4CC(OSOOO)C(OSOOO)CC4(C)C3CCC12C. The molecule has 43 heavy (non-hydrogen) atoms. The molecule has 0 bridgehead atoms. The van der Waals surface area contributed by atoms with E-state index < -0.39 is 34.1 Å². The van der Waals surface area contributed by atoms with Gasteiger partial charge < -0.3 is 0 Å². The molecule has 0 spiro atoms. The van der Waals surface area contributed by atoms with Gasteiger partial charge in [0.05, 0.1) is 6.10 Å². The first-order valence-corrected chi connectivity index (χ1v) is 17.9. The molecule has 4 fully saturated rings. The summed E-state index contributed by atoms with van der Waals surface area (Å²) in [7, 11) is -4.72. The number of hydrogen-bond donors (Lipinski definition) is 3. The predicted molar refractivity (Wildman–Crippen MR) is 159 cm³/mol. The third-order valence-corrected chi connectivity index (χ3v) is 13.3. The van der Waals surface area contributed by atoms with Gasteiger partial charge >= 0.3 is 10.4 Å². The molecule has 4 rings (SSSR count). The second-order valence-corrected chi connectivity index (χ2v) is 15.9. The van der Waals surface area contributed by atoms with Crippen molar-refractivity contribution in [2.75, 3.05) is 0 Å². The Balaban J connectivity index is 1.60. The zero-order valence-corrected chi connectivity index (χ0v) is 28.0. The lowest BCUT2D eigenvalue weighted by Crippen LogP contribution is -2.61. The van der Waals surface area contributed by atoms with Crippen molar-refractivity contribution in [3.63, 3.8) is 0 Å². The first kappa shape index (κ1) is 35.8. The summed E-state index contributed by atoms with van der Waals surface area (Å²) in [5.41, 5.74) is 0.933. The molecule has 0 radical (unpaired) electrons. The van der Waals surface area contributed by atoms with Crippen LogP contribution in [-0.4, -0.2) is 41.8 Å².